The summed E-state index contributed by atoms with van der Waals surface area (Å²) in [5.74, 6) is 0.212. The summed E-state index contributed by atoms with van der Waals surface area (Å²) in [6.07, 6.45) is 3.74. The van der Waals surface area contributed by atoms with Crippen LogP contribution in [0.1, 0.15) is 37.3 Å². The van der Waals surface area contributed by atoms with E-state index in [1.165, 1.54) is 19.3 Å². The van der Waals surface area contributed by atoms with E-state index in [-0.39, 0.29) is 17.3 Å². The Bertz CT molecular complexity index is 780. The molecule has 1 aromatic heterocycles. The molecule has 1 atom stereocenters. The second kappa shape index (κ2) is 6.85. The predicted octanol–water partition coefficient (Wildman–Crippen LogP) is 2.55. The largest absolute Gasteiger partial charge is 0.382 e. The molecule has 0 radical (unpaired) electrons. The zero-order valence-corrected chi connectivity index (χ0v) is 13.9. The van der Waals surface area contributed by atoms with Crippen molar-refractivity contribution in [2.45, 2.75) is 38.8 Å². The number of benzene rings is 1. The molecule has 2 heterocycles. The number of nitrogen functional groups attached to an aromatic ring is 2. The third kappa shape index (κ3) is 3.17. The number of piperidine rings is 1. The molecule has 1 aromatic carbocycles. The molecule has 6 heteroatoms. The fraction of sp³-hybridized carbons (Fsp3) is 0.389. The lowest BCUT2D eigenvalue weighted by atomic mass is 9.98. The van der Waals surface area contributed by atoms with Crippen molar-refractivity contribution in [1.29, 1.82) is 5.26 Å². The van der Waals surface area contributed by atoms with Crippen molar-refractivity contribution in [3.05, 3.63) is 35.4 Å². The molecule has 0 aliphatic carbocycles. The number of aromatic nitrogens is 2. The first kappa shape index (κ1) is 16.2. The zero-order chi connectivity index (χ0) is 17.1. The maximum Gasteiger partial charge on any atom is 0.222 e. The Morgan fingerprint density at radius 2 is 2.04 bits per heavy atom. The van der Waals surface area contributed by atoms with Gasteiger partial charge in [-0.05, 0) is 31.9 Å². The van der Waals surface area contributed by atoms with E-state index in [2.05, 4.69) is 33.9 Å². The molecular weight excluding hydrogens is 300 g/mol. The van der Waals surface area contributed by atoms with Gasteiger partial charge in [0, 0.05) is 18.2 Å². The van der Waals surface area contributed by atoms with Gasteiger partial charge in [-0.3, -0.25) is 4.90 Å². The summed E-state index contributed by atoms with van der Waals surface area (Å²) >= 11 is 0. The molecule has 0 amide bonds. The summed E-state index contributed by atoms with van der Waals surface area (Å²) in [5.41, 5.74) is 14.4. The Hall–Kier alpha value is -2.65. The molecule has 3 rings (SSSR count). The standard InChI is InChI=1S/C18H22N6/c1-12-6-4-5-9-24(12)11-13-7-2-3-8-14(13)16-15(10-19)17(20)23-18(21)22-16/h2-3,7-8,12H,4-6,9,11H2,1H3,(H4,20,21,22,23). The van der Waals surface area contributed by atoms with E-state index in [0.29, 0.717) is 11.7 Å². The molecule has 6 nitrogen and oxygen atoms in total. The molecule has 1 fully saturated rings. The molecule has 4 N–H and O–H groups in total. The predicted molar refractivity (Wildman–Crippen MR) is 94.7 cm³/mol. The SMILES string of the molecule is CC1CCCCN1Cc1ccccc1-c1nc(N)nc(N)c1C#N. The van der Waals surface area contributed by atoms with Gasteiger partial charge in [0.15, 0.2) is 0 Å². The van der Waals surface area contributed by atoms with Crippen molar-refractivity contribution in [2.75, 3.05) is 18.0 Å². The molecule has 0 bridgehead atoms. The highest BCUT2D eigenvalue weighted by molar-refractivity contribution is 5.75. The van der Waals surface area contributed by atoms with E-state index < -0.39 is 0 Å². The fourth-order valence-corrected chi connectivity index (χ4v) is 3.30. The van der Waals surface area contributed by atoms with Crippen LogP contribution >= 0.6 is 0 Å². The number of hydrogen-bond acceptors (Lipinski definition) is 6. The number of nitriles is 1. The minimum atomic E-state index is 0.0858. The van der Waals surface area contributed by atoms with Crippen LogP contribution in [-0.4, -0.2) is 27.5 Å². The molecular formula is C18H22N6. The first-order valence-corrected chi connectivity index (χ1v) is 8.25. The lowest BCUT2D eigenvalue weighted by molar-refractivity contribution is 0.153. The van der Waals surface area contributed by atoms with Crippen LogP contribution in [0.4, 0.5) is 11.8 Å². The molecule has 24 heavy (non-hydrogen) atoms. The second-order valence-electron chi connectivity index (χ2n) is 6.27. The van der Waals surface area contributed by atoms with Crippen molar-refractivity contribution < 1.29 is 0 Å². The third-order valence-corrected chi connectivity index (χ3v) is 4.65. The molecule has 1 aliphatic heterocycles. The average molecular weight is 322 g/mol. The summed E-state index contributed by atoms with van der Waals surface area (Å²) in [7, 11) is 0. The van der Waals surface area contributed by atoms with Gasteiger partial charge in [-0.25, -0.2) is 4.98 Å². The molecule has 1 aliphatic rings. The smallest absolute Gasteiger partial charge is 0.222 e. The highest BCUT2D eigenvalue weighted by Gasteiger charge is 2.21. The quantitative estimate of drug-likeness (QED) is 0.899. The van der Waals surface area contributed by atoms with Crippen LogP contribution in [0.2, 0.25) is 0 Å². The first-order valence-electron chi connectivity index (χ1n) is 8.25. The van der Waals surface area contributed by atoms with E-state index >= 15 is 0 Å². The molecule has 2 aromatic rings. The normalized spacial score (nSPS) is 18.2. The Kier molecular flexibility index (Phi) is 4.63. The molecule has 1 unspecified atom stereocenters. The van der Waals surface area contributed by atoms with Crippen molar-refractivity contribution in [3.8, 4) is 17.3 Å². The average Bonchev–Trinajstić information content (AvgIpc) is 2.57. The summed E-state index contributed by atoms with van der Waals surface area (Å²) in [4.78, 5) is 10.7. The summed E-state index contributed by atoms with van der Waals surface area (Å²) in [5, 5.41) is 9.44. The first-order chi connectivity index (χ1) is 11.6. The van der Waals surface area contributed by atoms with E-state index in [4.69, 9.17) is 11.5 Å². The maximum atomic E-state index is 9.44. The minimum Gasteiger partial charge on any atom is -0.382 e. The van der Waals surface area contributed by atoms with Gasteiger partial charge in [0.25, 0.3) is 0 Å². The van der Waals surface area contributed by atoms with Gasteiger partial charge >= 0.3 is 0 Å². The second-order valence-corrected chi connectivity index (χ2v) is 6.27. The van der Waals surface area contributed by atoms with Gasteiger partial charge in [-0.15, -0.1) is 0 Å². The Labute approximate surface area is 142 Å². The van der Waals surface area contributed by atoms with Gasteiger partial charge in [0.1, 0.15) is 17.5 Å². The monoisotopic (exact) mass is 322 g/mol. The number of nitrogens with two attached hydrogens (primary N) is 2. The highest BCUT2D eigenvalue weighted by Crippen LogP contribution is 2.30. The lowest BCUT2D eigenvalue weighted by Gasteiger charge is -2.33. The summed E-state index contributed by atoms with van der Waals surface area (Å²) in [6.45, 7) is 4.18. The van der Waals surface area contributed by atoms with Crippen molar-refractivity contribution >= 4 is 11.8 Å². The van der Waals surface area contributed by atoms with E-state index in [1.807, 2.05) is 18.2 Å². The molecule has 0 saturated carbocycles. The Morgan fingerprint density at radius 1 is 1.25 bits per heavy atom. The van der Waals surface area contributed by atoms with E-state index in [0.717, 1.165) is 24.2 Å². The van der Waals surface area contributed by atoms with Crippen LogP contribution in [0, 0.1) is 11.3 Å². The van der Waals surface area contributed by atoms with Gasteiger partial charge in [-0.1, -0.05) is 30.7 Å². The number of anilines is 2. The Balaban J connectivity index is 2.03. The number of likely N-dealkylation sites (tertiary alicyclic amines) is 1. The minimum absolute atomic E-state index is 0.0858. The van der Waals surface area contributed by atoms with Gasteiger partial charge < -0.3 is 11.5 Å². The third-order valence-electron chi connectivity index (χ3n) is 4.65. The topological polar surface area (TPSA) is 105 Å². The highest BCUT2D eigenvalue weighted by atomic mass is 15.2. The van der Waals surface area contributed by atoms with Crippen molar-refractivity contribution in [1.82, 2.24) is 14.9 Å². The van der Waals surface area contributed by atoms with Gasteiger partial charge in [-0.2, -0.15) is 10.2 Å². The fourth-order valence-electron chi connectivity index (χ4n) is 3.30. The van der Waals surface area contributed by atoms with Gasteiger partial charge in [0.05, 0.1) is 5.69 Å². The number of nitrogens with zero attached hydrogens (tertiary/aromatic N) is 4. The van der Waals surface area contributed by atoms with Crippen molar-refractivity contribution in [3.63, 3.8) is 0 Å². The van der Waals surface area contributed by atoms with E-state index in [1.54, 1.807) is 0 Å². The van der Waals surface area contributed by atoms with Crippen LogP contribution in [0.15, 0.2) is 24.3 Å². The Morgan fingerprint density at radius 3 is 2.79 bits per heavy atom. The van der Waals surface area contributed by atoms with Crippen LogP contribution in [0.25, 0.3) is 11.3 Å². The zero-order valence-electron chi connectivity index (χ0n) is 13.9. The molecule has 0 spiro atoms. The molecule has 124 valence electrons. The lowest BCUT2D eigenvalue weighted by Crippen LogP contribution is -2.36. The van der Waals surface area contributed by atoms with Crippen LogP contribution < -0.4 is 11.5 Å². The van der Waals surface area contributed by atoms with Gasteiger partial charge in [0.2, 0.25) is 5.95 Å². The van der Waals surface area contributed by atoms with Crippen LogP contribution in [0.3, 0.4) is 0 Å². The summed E-state index contributed by atoms with van der Waals surface area (Å²) < 4.78 is 0. The summed E-state index contributed by atoms with van der Waals surface area (Å²) in [6, 6.07) is 10.7. The number of rotatable bonds is 3. The van der Waals surface area contributed by atoms with Crippen LogP contribution in [0.5, 0.6) is 0 Å². The number of hydrogen-bond donors (Lipinski definition) is 2. The molecule has 1 saturated heterocycles. The van der Waals surface area contributed by atoms with Crippen molar-refractivity contribution in [2.24, 2.45) is 0 Å². The maximum absolute atomic E-state index is 9.44. The van der Waals surface area contributed by atoms with Crippen LogP contribution in [-0.2, 0) is 6.54 Å². The van der Waals surface area contributed by atoms with E-state index in [9.17, 15) is 5.26 Å².